The van der Waals surface area contributed by atoms with Crippen molar-refractivity contribution in [2.75, 3.05) is 13.1 Å². The molecule has 3 rings (SSSR count). The van der Waals surface area contributed by atoms with Crippen molar-refractivity contribution in [2.24, 2.45) is 0 Å². The van der Waals surface area contributed by atoms with Gasteiger partial charge in [0, 0.05) is 19.1 Å². The Bertz CT molecular complexity index is 513. The van der Waals surface area contributed by atoms with Gasteiger partial charge in [0.1, 0.15) is 0 Å². The van der Waals surface area contributed by atoms with Crippen LogP contribution in [-0.4, -0.2) is 35.8 Å². The number of carbonyl (C=O) groups is 2. The molecule has 4 heteroatoms. The predicted molar refractivity (Wildman–Crippen MR) is 85.9 cm³/mol. The highest BCUT2D eigenvalue weighted by atomic mass is 16.2. The molecule has 1 N–H and O–H groups in total. The van der Waals surface area contributed by atoms with Crippen molar-refractivity contribution in [3.05, 3.63) is 35.4 Å². The molecule has 0 spiro atoms. The number of fused-ring (bicyclic) bond motifs is 1. The number of amides is 2. The Labute approximate surface area is 131 Å². The largest absolute Gasteiger partial charge is 0.312 e. The van der Waals surface area contributed by atoms with Crippen LogP contribution >= 0.6 is 0 Å². The molecule has 0 aromatic heterocycles. The number of nitrogens with one attached hydrogen (secondary N) is 1. The Morgan fingerprint density at radius 1 is 0.909 bits per heavy atom. The van der Waals surface area contributed by atoms with E-state index in [1.165, 1.54) is 49.8 Å². The summed E-state index contributed by atoms with van der Waals surface area (Å²) < 4.78 is 0. The Morgan fingerprint density at radius 3 is 2.05 bits per heavy atom. The molecule has 2 amide bonds. The van der Waals surface area contributed by atoms with Crippen molar-refractivity contribution in [2.45, 2.75) is 51.0 Å². The third kappa shape index (κ3) is 3.22. The predicted octanol–water partition coefficient (Wildman–Crippen LogP) is 2.99. The van der Waals surface area contributed by atoms with Gasteiger partial charge in [0.25, 0.3) is 11.8 Å². The lowest BCUT2D eigenvalue weighted by atomic mass is 9.97. The van der Waals surface area contributed by atoms with E-state index in [4.69, 9.17) is 0 Å². The summed E-state index contributed by atoms with van der Waals surface area (Å²) in [6.45, 7) is 1.15. The van der Waals surface area contributed by atoms with Crippen LogP contribution in [0.3, 0.4) is 0 Å². The van der Waals surface area contributed by atoms with Crippen molar-refractivity contribution in [1.82, 2.24) is 10.2 Å². The van der Waals surface area contributed by atoms with Crippen LogP contribution < -0.4 is 5.32 Å². The average Bonchev–Trinajstić information content (AvgIpc) is 2.74. The maximum absolute atomic E-state index is 12.3. The van der Waals surface area contributed by atoms with Gasteiger partial charge in [0.15, 0.2) is 0 Å². The lowest BCUT2D eigenvalue weighted by Crippen LogP contribution is -2.39. The van der Waals surface area contributed by atoms with Gasteiger partial charge in [-0.2, -0.15) is 0 Å². The molecule has 0 unspecified atom stereocenters. The first kappa shape index (κ1) is 15.2. The van der Waals surface area contributed by atoms with Gasteiger partial charge in [0.05, 0.1) is 11.1 Å². The quantitative estimate of drug-likeness (QED) is 0.870. The zero-order chi connectivity index (χ0) is 15.4. The van der Waals surface area contributed by atoms with Gasteiger partial charge in [-0.3, -0.25) is 14.5 Å². The van der Waals surface area contributed by atoms with E-state index in [0.29, 0.717) is 30.3 Å². The molecule has 1 aliphatic heterocycles. The number of rotatable bonds is 4. The fourth-order valence-electron chi connectivity index (χ4n) is 3.48. The van der Waals surface area contributed by atoms with E-state index in [1.807, 2.05) is 0 Å². The first-order valence-corrected chi connectivity index (χ1v) is 8.46. The fourth-order valence-corrected chi connectivity index (χ4v) is 3.48. The molecule has 4 nitrogen and oxygen atoms in total. The monoisotopic (exact) mass is 300 g/mol. The molecule has 0 bridgehead atoms. The zero-order valence-corrected chi connectivity index (χ0v) is 13.0. The maximum Gasteiger partial charge on any atom is 0.261 e. The van der Waals surface area contributed by atoms with E-state index in [-0.39, 0.29) is 11.8 Å². The van der Waals surface area contributed by atoms with Crippen LogP contribution in [-0.2, 0) is 0 Å². The highest BCUT2D eigenvalue weighted by Gasteiger charge is 2.34. The number of benzene rings is 1. The number of imide groups is 1. The average molecular weight is 300 g/mol. The highest BCUT2D eigenvalue weighted by Crippen LogP contribution is 2.22. The normalized spacial score (nSPS) is 19.9. The van der Waals surface area contributed by atoms with Gasteiger partial charge in [-0.25, -0.2) is 0 Å². The minimum Gasteiger partial charge on any atom is -0.312 e. The Hall–Kier alpha value is -1.68. The van der Waals surface area contributed by atoms with Crippen LogP contribution in [0, 0.1) is 0 Å². The molecule has 0 atom stereocenters. The molecule has 0 radical (unpaired) electrons. The summed E-state index contributed by atoms with van der Waals surface area (Å²) in [7, 11) is 0. The maximum atomic E-state index is 12.3. The smallest absolute Gasteiger partial charge is 0.261 e. The Morgan fingerprint density at radius 2 is 1.45 bits per heavy atom. The van der Waals surface area contributed by atoms with Crippen LogP contribution in [0.1, 0.15) is 65.7 Å². The summed E-state index contributed by atoms with van der Waals surface area (Å²) in [5.74, 6) is -0.305. The molecule has 22 heavy (non-hydrogen) atoms. The summed E-state index contributed by atoms with van der Waals surface area (Å²) >= 11 is 0. The second-order valence-electron chi connectivity index (χ2n) is 6.30. The Kier molecular flexibility index (Phi) is 4.88. The second-order valence-corrected chi connectivity index (χ2v) is 6.30. The highest BCUT2D eigenvalue weighted by molar-refractivity contribution is 6.21. The third-order valence-corrected chi connectivity index (χ3v) is 4.75. The molecule has 1 heterocycles. The van der Waals surface area contributed by atoms with Gasteiger partial charge < -0.3 is 5.32 Å². The zero-order valence-electron chi connectivity index (χ0n) is 13.0. The number of hydrogen-bond acceptors (Lipinski definition) is 3. The SMILES string of the molecule is O=C1c2ccccc2C(=O)N1CCNC1CCCCCCC1. The molecule has 1 aliphatic carbocycles. The number of nitrogens with zero attached hydrogens (tertiary/aromatic N) is 1. The number of hydrogen-bond donors (Lipinski definition) is 1. The molecule has 1 aromatic carbocycles. The van der Waals surface area contributed by atoms with E-state index in [0.717, 1.165) is 0 Å². The van der Waals surface area contributed by atoms with Crippen molar-refractivity contribution < 1.29 is 9.59 Å². The van der Waals surface area contributed by atoms with Gasteiger partial charge >= 0.3 is 0 Å². The first-order valence-electron chi connectivity index (χ1n) is 8.46. The topological polar surface area (TPSA) is 49.4 Å². The van der Waals surface area contributed by atoms with Gasteiger partial charge in [-0.05, 0) is 25.0 Å². The van der Waals surface area contributed by atoms with Crippen LogP contribution in [0.2, 0.25) is 0 Å². The second kappa shape index (κ2) is 7.05. The van der Waals surface area contributed by atoms with Crippen molar-refractivity contribution in [1.29, 1.82) is 0 Å². The van der Waals surface area contributed by atoms with Gasteiger partial charge in [-0.1, -0.05) is 44.2 Å². The summed E-state index contributed by atoms with van der Waals surface area (Å²) in [6.07, 6.45) is 9.01. The number of carbonyl (C=O) groups excluding carboxylic acids is 2. The van der Waals surface area contributed by atoms with E-state index in [2.05, 4.69) is 5.32 Å². The van der Waals surface area contributed by atoms with E-state index >= 15 is 0 Å². The lowest BCUT2D eigenvalue weighted by Gasteiger charge is -2.22. The van der Waals surface area contributed by atoms with Crippen LogP contribution in [0.5, 0.6) is 0 Å². The first-order chi connectivity index (χ1) is 10.8. The van der Waals surface area contributed by atoms with E-state index < -0.39 is 0 Å². The van der Waals surface area contributed by atoms with Crippen LogP contribution in [0.25, 0.3) is 0 Å². The minimum absolute atomic E-state index is 0.153. The summed E-state index contributed by atoms with van der Waals surface area (Å²) in [4.78, 5) is 25.9. The fraction of sp³-hybridized carbons (Fsp3) is 0.556. The van der Waals surface area contributed by atoms with Crippen LogP contribution in [0.15, 0.2) is 24.3 Å². The lowest BCUT2D eigenvalue weighted by molar-refractivity contribution is 0.0654. The van der Waals surface area contributed by atoms with Crippen molar-refractivity contribution >= 4 is 11.8 Å². The molecule has 1 aromatic rings. The molecule has 0 saturated heterocycles. The summed E-state index contributed by atoms with van der Waals surface area (Å²) in [5, 5.41) is 3.54. The van der Waals surface area contributed by atoms with Gasteiger partial charge in [0.2, 0.25) is 0 Å². The molecule has 118 valence electrons. The van der Waals surface area contributed by atoms with E-state index in [9.17, 15) is 9.59 Å². The van der Waals surface area contributed by atoms with E-state index in [1.54, 1.807) is 24.3 Å². The molecule has 2 aliphatic rings. The van der Waals surface area contributed by atoms with Crippen LogP contribution in [0.4, 0.5) is 0 Å². The standard InChI is InChI=1S/C18H24N2O2/c21-17-15-10-6-7-11-16(15)18(22)20(17)13-12-19-14-8-4-2-1-3-5-9-14/h6-7,10-11,14,19H,1-5,8-9,12-13H2. The molecular weight excluding hydrogens is 276 g/mol. The van der Waals surface area contributed by atoms with Gasteiger partial charge in [-0.15, -0.1) is 0 Å². The van der Waals surface area contributed by atoms with Crippen molar-refractivity contribution in [3.8, 4) is 0 Å². The Balaban J connectivity index is 1.52. The summed E-state index contributed by atoms with van der Waals surface area (Å²) in [5.41, 5.74) is 1.08. The van der Waals surface area contributed by atoms with Crippen molar-refractivity contribution in [3.63, 3.8) is 0 Å². The minimum atomic E-state index is -0.153. The molecular formula is C18H24N2O2. The third-order valence-electron chi connectivity index (χ3n) is 4.75. The molecule has 1 fully saturated rings. The molecule has 1 saturated carbocycles. The summed E-state index contributed by atoms with van der Waals surface area (Å²) in [6, 6.07) is 7.62.